The van der Waals surface area contributed by atoms with Crippen molar-refractivity contribution in [1.29, 1.82) is 0 Å². The molecule has 164 valence electrons. The molecule has 0 radical (unpaired) electrons. The minimum atomic E-state index is -1.24. The number of amides is 1. The van der Waals surface area contributed by atoms with Crippen LogP contribution in [0.15, 0.2) is 48.5 Å². The van der Waals surface area contributed by atoms with Crippen molar-refractivity contribution >= 4 is 33.4 Å². The van der Waals surface area contributed by atoms with Crippen LogP contribution < -0.4 is 15.4 Å². The summed E-state index contributed by atoms with van der Waals surface area (Å²) in [5.41, 5.74) is 0.174. The quantitative estimate of drug-likeness (QED) is 0.466. The number of aliphatic carboxylic acids is 1. The van der Waals surface area contributed by atoms with Crippen molar-refractivity contribution in [3.63, 3.8) is 0 Å². The summed E-state index contributed by atoms with van der Waals surface area (Å²) in [5, 5.41) is 17.3. The fraction of sp³-hybridized carbons (Fsp3) is 0.318. The molecule has 0 spiro atoms. The average molecular weight is 452 g/mol. The summed E-state index contributed by atoms with van der Waals surface area (Å²) in [5.74, 6) is -0.713. The molecule has 0 aromatic carbocycles. The van der Waals surface area contributed by atoms with Crippen molar-refractivity contribution in [3.8, 4) is 17.4 Å². The molecule has 1 saturated carbocycles. The zero-order valence-electron chi connectivity index (χ0n) is 17.0. The lowest BCUT2D eigenvalue weighted by Gasteiger charge is -2.17. The number of hydrogen-bond acceptors (Lipinski definition) is 8. The summed E-state index contributed by atoms with van der Waals surface area (Å²) in [6.45, 7) is 4.09. The molecular weight excluding hydrogens is 430 g/mol. The molecule has 2 aliphatic rings. The Labute approximate surface area is 187 Å². The van der Waals surface area contributed by atoms with Crippen LogP contribution in [-0.2, 0) is 9.59 Å². The first-order valence-electron chi connectivity index (χ1n) is 10.2. The number of pyridine rings is 1. The minimum absolute atomic E-state index is 0.254. The Morgan fingerprint density at radius 1 is 1.34 bits per heavy atom. The molecule has 3 aromatic rings. The van der Waals surface area contributed by atoms with Gasteiger partial charge in [-0.2, -0.15) is 4.98 Å². The second kappa shape index (κ2) is 7.95. The van der Waals surface area contributed by atoms with Crippen LogP contribution >= 0.6 is 11.3 Å². The summed E-state index contributed by atoms with van der Waals surface area (Å²) in [6.07, 6.45) is 3.72. The standard InChI is InChI=1S/C22H21N5O4S/c1-2-12-10-22(12,21(29)30)27-19(28)16-9-13(11-24-16)31-20-17-14(6-8-32-17)25-18(26-20)15-5-3-4-7-23-15/h2-8,12-13,16,24H,1,9-11H2,(H,27,28)(H,29,30)/t12-,13-,16-,22-/m1/s1. The first-order chi connectivity index (χ1) is 15.5. The Morgan fingerprint density at radius 2 is 2.22 bits per heavy atom. The van der Waals surface area contributed by atoms with Crippen LogP contribution in [0, 0.1) is 5.92 Å². The van der Waals surface area contributed by atoms with Crippen molar-refractivity contribution in [3.05, 3.63) is 48.5 Å². The predicted molar refractivity (Wildman–Crippen MR) is 118 cm³/mol. The van der Waals surface area contributed by atoms with Crippen LogP contribution in [0.1, 0.15) is 12.8 Å². The van der Waals surface area contributed by atoms with E-state index in [1.165, 1.54) is 11.3 Å². The van der Waals surface area contributed by atoms with E-state index >= 15 is 0 Å². The number of thiophene rings is 1. The molecule has 1 aliphatic carbocycles. The molecule has 9 nitrogen and oxygen atoms in total. The van der Waals surface area contributed by atoms with Gasteiger partial charge in [-0.15, -0.1) is 17.9 Å². The second-order valence-corrected chi connectivity index (χ2v) is 8.87. The lowest BCUT2D eigenvalue weighted by Crippen LogP contribution is -2.51. The fourth-order valence-electron chi connectivity index (χ4n) is 4.00. The highest BCUT2D eigenvalue weighted by Gasteiger charge is 2.60. The van der Waals surface area contributed by atoms with E-state index in [9.17, 15) is 14.7 Å². The molecule has 1 amide bonds. The number of fused-ring (bicyclic) bond motifs is 1. The molecule has 1 saturated heterocycles. The highest BCUT2D eigenvalue weighted by molar-refractivity contribution is 7.17. The maximum atomic E-state index is 12.7. The largest absolute Gasteiger partial charge is 0.479 e. The topological polar surface area (TPSA) is 126 Å². The number of carbonyl (C=O) groups is 2. The third kappa shape index (κ3) is 3.61. The molecule has 2 fully saturated rings. The molecule has 0 unspecified atom stereocenters. The smallest absolute Gasteiger partial charge is 0.330 e. The van der Waals surface area contributed by atoms with Crippen LogP contribution in [0.4, 0.5) is 0 Å². The maximum Gasteiger partial charge on any atom is 0.330 e. The predicted octanol–water partition coefficient (Wildman–Crippen LogP) is 2.01. The zero-order chi connectivity index (χ0) is 22.3. The molecule has 5 rings (SSSR count). The number of carbonyl (C=O) groups excluding carboxylic acids is 1. The zero-order valence-corrected chi connectivity index (χ0v) is 17.8. The van der Waals surface area contributed by atoms with E-state index in [0.29, 0.717) is 36.8 Å². The van der Waals surface area contributed by atoms with Crippen molar-refractivity contribution < 1.29 is 19.4 Å². The normalized spacial score (nSPS) is 26.6. The van der Waals surface area contributed by atoms with E-state index in [4.69, 9.17) is 4.74 Å². The van der Waals surface area contributed by atoms with Crippen LogP contribution in [0.2, 0.25) is 0 Å². The SMILES string of the molecule is C=C[C@@H]1C[C@]1(NC(=O)[C@H]1C[C@@H](Oc2nc(-c3ccccn3)nc3ccsc23)CN1)C(=O)O. The second-order valence-electron chi connectivity index (χ2n) is 7.95. The number of nitrogens with one attached hydrogen (secondary N) is 2. The van der Waals surface area contributed by atoms with E-state index in [1.807, 2.05) is 29.6 Å². The van der Waals surface area contributed by atoms with E-state index in [1.54, 1.807) is 12.3 Å². The van der Waals surface area contributed by atoms with Crippen LogP contribution in [0.3, 0.4) is 0 Å². The molecule has 3 N–H and O–H groups in total. The maximum absolute atomic E-state index is 12.7. The third-order valence-electron chi connectivity index (χ3n) is 5.88. The van der Waals surface area contributed by atoms with Gasteiger partial charge in [-0.3, -0.25) is 9.78 Å². The number of rotatable bonds is 7. The number of aromatic nitrogens is 3. The molecule has 4 heterocycles. The Balaban J connectivity index is 1.31. The Hall–Kier alpha value is -3.37. The number of carboxylic acid groups (broad SMARTS) is 1. The van der Waals surface area contributed by atoms with Gasteiger partial charge in [0, 0.05) is 25.1 Å². The molecule has 10 heteroatoms. The summed E-state index contributed by atoms with van der Waals surface area (Å²) < 4.78 is 7.01. The van der Waals surface area contributed by atoms with Gasteiger partial charge in [-0.1, -0.05) is 12.1 Å². The molecule has 32 heavy (non-hydrogen) atoms. The van der Waals surface area contributed by atoms with Crippen molar-refractivity contribution in [2.24, 2.45) is 5.92 Å². The van der Waals surface area contributed by atoms with Gasteiger partial charge in [0.1, 0.15) is 22.0 Å². The van der Waals surface area contributed by atoms with Crippen LogP contribution in [-0.4, -0.2) is 56.2 Å². The highest BCUT2D eigenvalue weighted by atomic mass is 32.1. The molecule has 1 aliphatic heterocycles. The highest BCUT2D eigenvalue weighted by Crippen LogP contribution is 2.44. The monoisotopic (exact) mass is 451 g/mol. The third-order valence-corrected chi connectivity index (χ3v) is 6.77. The van der Waals surface area contributed by atoms with E-state index < -0.39 is 17.6 Å². The molecule has 4 atom stereocenters. The molecule has 3 aromatic heterocycles. The number of ether oxygens (including phenoxy) is 1. The average Bonchev–Trinajstić information content (AvgIpc) is 3.12. The molecule has 0 bridgehead atoms. The van der Waals surface area contributed by atoms with Crippen molar-refractivity contribution in [2.45, 2.75) is 30.5 Å². The summed E-state index contributed by atoms with van der Waals surface area (Å²) >= 11 is 1.49. The van der Waals surface area contributed by atoms with Gasteiger partial charge in [-0.05, 0) is 30.0 Å². The molecular formula is C22H21N5O4S. The van der Waals surface area contributed by atoms with Crippen LogP contribution in [0.25, 0.3) is 21.7 Å². The van der Waals surface area contributed by atoms with Gasteiger partial charge in [0.05, 0.1) is 11.6 Å². The lowest BCUT2D eigenvalue weighted by molar-refractivity contribution is -0.143. The van der Waals surface area contributed by atoms with Gasteiger partial charge < -0.3 is 20.5 Å². The Kier molecular flexibility index (Phi) is 5.10. The number of carboxylic acids is 1. The first kappa shape index (κ1) is 20.5. The number of hydrogen-bond donors (Lipinski definition) is 3. The van der Waals surface area contributed by atoms with Crippen molar-refractivity contribution in [2.75, 3.05) is 6.54 Å². The van der Waals surface area contributed by atoms with Gasteiger partial charge in [0.25, 0.3) is 0 Å². The van der Waals surface area contributed by atoms with Crippen LogP contribution in [0.5, 0.6) is 5.88 Å². The van der Waals surface area contributed by atoms with Crippen molar-refractivity contribution in [1.82, 2.24) is 25.6 Å². The first-order valence-corrected chi connectivity index (χ1v) is 11.1. The van der Waals surface area contributed by atoms with Gasteiger partial charge in [0.2, 0.25) is 11.8 Å². The minimum Gasteiger partial charge on any atom is -0.479 e. The van der Waals surface area contributed by atoms with Gasteiger partial charge >= 0.3 is 5.97 Å². The summed E-state index contributed by atoms with van der Waals surface area (Å²) in [6, 6.07) is 6.89. The summed E-state index contributed by atoms with van der Waals surface area (Å²) in [7, 11) is 0. The lowest BCUT2D eigenvalue weighted by atomic mass is 10.1. The van der Waals surface area contributed by atoms with E-state index in [2.05, 4.69) is 32.2 Å². The van der Waals surface area contributed by atoms with Gasteiger partial charge in [0.15, 0.2) is 5.82 Å². The van der Waals surface area contributed by atoms with Gasteiger partial charge in [-0.25, -0.2) is 9.78 Å². The fourth-order valence-corrected chi connectivity index (χ4v) is 4.76. The van der Waals surface area contributed by atoms with E-state index in [-0.39, 0.29) is 17.9 Å². The Bertz CT molecular complexity index is 1200. The number of nitrogens with zero attached hydrogens (tertiary/aromatic N) is 3. The van der Waals surface area contributed by atoms with E-state index in [0.717, 1.165) is 10.2 Å². The Morgan fingerprint density at radius 3 is 2.94 bits per heavy atom. The summed E-state index contributed by atoms with van der Waals surface area (Å²) in [4.78, 5) is 37.8.